The summed E-state index contributed by atoms with van der Waals surface area (Å²) in [5.41, 5.74) is 0.0125. The molecule has 0 saturated carbocycles. The second-order valence-corrected chi connectivity index (χ2v) is 4.50. The molecule has 1 aliphatic rings. The number of aliphatic hydroxyl groups is 1. The topological polar surface area (TPSA) is 45.1 Å². The molecule has 0 radical (unpaired) electrons. The van der Waals surface area contributed by atoms with E-state index in [9.17, 15) is 5.11 Å². The highest BCUT2D eigenvalue weighted by Gasteiger charge is 2.44. The minimum atomic E-state index is -0.785. The van der Waals surface area contributed by atoms with Crippen LogP contribution in [0, 0.1) is 11.8 Å². The monoisotopic (exact) mass is 206 g/mol. The average Bonchev–Trinajstić information content (AvgIpc) is 2.27. The Labute approximate surface area is 90.5 Å². The van der Waals surface area contributed by atoms with Crippen molar-refractivity contribution in [3.8, 4) is 0 Å². The molecule has 1 aromatic heterocycles. The molecule has 0 aromatic carbocycles. The fourth-order valence-corrected chi connectivity index (χ4v) is 2.42. The largest absolute Gasteiger partial charge is 0.383 e. The van der Waals surface area contributed by atoms with Gasteiger partial charge in [0.05, 0.1) is 5.69 Å². The third kappa shape index (κ3) is 1.66. The van der Waals surface area contributed by atoms with Gasteiger partial charge in [-0.05, 0) is 12.1 Å². The summed E-state index contributed by atoms with van der Waals surface area (Å²) in [5.74, 6) is 0.382. The highest BCUT2D eigenvalue weighted by molar-refractivity contribution is 5.17. The van der Waals surface area contributed by atoms with Gasteiger partial charge in [-0.15, -0.1) is 0 Å². The van der Waals surface area contributed by atoms with Gasteiger partial charge in [0.15, 0.2) is 0 Å². The van der Waals surface area contributed by atoms with Crippen LogP contribution in [0.3, 0.4) is 0 Å². The molecule has 0 amide bonds. The van der Waals surface area contributed by atoms with Crippen molar-refractivity contribution in [1.82, 2.24) is 10.3 Å². The van der Waals surface area contributed by atoms with Gasteiger partial charge in [0, 0.05) is 31.1 Å². The summed E-state index contributed by atoms with van der Waals surface area (Å²) in [6.07, 6.45) is 1.74. The summed E-state index contributed by atoms with van der Waals surface area (Å²) in [4.78, 5) is 4.30. The first-order valence-corrected chi connectivity index (χ1v) is 5.50. The SMILES string of the molecule is C[C@@H]1CNC[C@H](C)[C@]1(O)c1ccccn1. The van der Waals surface area contributed by atoms with Crippen molar-refractivity contribution in [2.24, 2.45) is 11.8 Å². The van der Waals surface area contributed by atoms with Crippen molar-refractivity contribution in [2.75, 3.05) is 13.1 Å². The summed E-state index contributed by atoms with van der Waals surface area (Å²) < 4.78 is 0. The number of piperidine rings is 1. The van der Waals surface area contributed by atoms with Gasteiger partial charge < -0.3 is 10.4 Å². The molecule has 0 unspecified atom stereocenters. The van der Waals surface area contributed by atoms with Crippen LogP contribution in [0.4, 0.5) is 0 Å². The molecule has 1 aromatic rings. The summed E-state index contributed by atoms with van der Waals surface area (Å²) in [6, 6.07) is 5.73. The molecule has 3 nitrogen and oxygen atoms in total. The highest BCUT2D eigenvalue weighted by Crippen LogP contribution is 2.37. The third-order valence-corrected chi connectivity index (χ3v) is 3.48. The summed E-state index contributed by atoms with van der Waals surface area (Å²) in [7, 11) is 0. The van der Waals surface area contributed by atoms with Gasteiger partial charge in [0.1, 0.15) is 5.60 Å². The molecule has 0 bridgehead atoms. The van der Waals surface area contributed by atoms with E-state index in [2.05, 4.69) is 24.1 Å². The predicted octanol–water partition coefficient (Wildman–Crippen LogP) is 1.14. The van der Waals surface area contributed by atoms with E-state index in [1.54, 1.807) is 6.20 Å². The quantitative estimate of drug-likeness (QED) is 0.724. The van der Waals surface area contributed by atoms with Crippen molar-refractivity contribution in [2.45, 2.75) is 19.4 Å². The first-order valence-electron chi connectivity index (χ1n) is 5.50. The van der Waals surface area contributed by atoms with Crippen LogP contribution in [0.2, 0.25) is 0 Å². The van der Waals surface area contributed by atoms with Crippen molar-refractivity contribution < 1.29 is 5.11 Å². The second kappa shape index (κ2) is 3.91. The smallest absolute Gasteiger partial charge is 0.114 e. The van der Waals surface area contributed by atoms with Crippen LogP contribution in [-0.2, 0) is 5.60 Å². The van der Waals surface area contributed by atoms with Crippen LogP contribution >= 0.6 is 0 Å². The maximum absolute atomic E-state index is 10.8. The summed E-state index contributed by atoms with van der Waals surface area (Å²) in [5, 5.41) is 14.1. The Bertz CT molecular complexity index is 316. The maximum Gasteiger partial charge on any atom is 0.114 e. The van der Waals surface area contributed by atoms with E-state index in [1.165, 1.54) is 0 Å². The minimum Gasteiger partial charge on any atom is -0.383 e. The van der Waals surface area contributed by atoms with Crippen LogP contribution in [0.25, 0.3) is 0 Å². The van der Waals surface area contributed by atoms with Gasteiger partial charge in [-0.2, -0.15) is 0 Å². The van der Waals surface area contributed by atoms with Crippen molar-refractivity contribution in [3.05, 3.63) is 30.1 Å². The van der Waals surface area contributed by atoms with E-state index < -0.39 is 5.60 Å². The van der Waals surface area contributed by atoms with E-state index in [4.69, 9.17) is 0 Å². The normalized spacial score (nSPS) is 36.5. The average molecular weight is 206 g/mol. The molecule has 1 fully saturated rings. The molecule has 15 heavy (non-hydrogen) atoms. The summed E-state index contributed by atoms with van der Waals surface area (Å²) in [6.45, 7) is 5.82. The molecule has 82 valence electrons. The Morgan fingerprint density at radius 2 is 2.00 bits per heavy atom. The zero-order chi connectivity index (χ0) is 10.9. The molecule has 0 aliphatic carbocycles. The maximum atomic E-state index is 10.8. The lowest BCUT2D eigenvalue weighted by Gasteiger charge is -2.43. The van der Waals surface area contributed by atoms with Crippen LogP contribution in [0.5, 0.6) is 0 Å². The molecule has 2 heterocycles. The molecule has 0 spiro atoms. The lowest BCUT2D eigenvalue weighted by atomic mass is 9.73. The Kier molecular flexibility index (Phi) is 2.76. The zero-order valence-corrected chi connectivity index (χ0v) is 9.27. The van der Waals surface area contributed by atoms with E-state index >= 15 is 0 Å². The molecular formula is C12H18N2O. The highest BCUT2D eigenvalue weighted by atomic mass is 16.3. The van der Waals surface area contributed by atoms with Gasteiger partial charge in [0.25, 0.3) is 0 Å². The predicted molar refractivity (Wildman–Crippen MR) is 59.3 cm³/mol. The Balaban J connectivity index is 2.38. The number of nitrogens with zero attached hydrogens (tertiary/aromatic N) is 1. The van der Waals surface area contributed by atoms with Gasteiger partial charge in [-0.1, -0.05) is 19.9 Å². The standard InChI is InChI=1S/C12H18N2O/c1-9-7-13-8-10(2)12(9,15)11-5-3-4-6-14-11/h3-6,9-10,13,15H,7-8H2,1-2H3/t9-,10+,12+. The Hall–Kier alpha value is -0.930. The zero-order valence-electron chi connectivity index (χ0n) is 9.27. The third-order valence-electron chi connectivity index (χ3n) is 3.48. The molecule has 3 heteroatoms. The van der Waals surface area contributed by atoms with Crippen molar-refractivity contribution in [1.29, 1.82) is 0 Å². The number of pyridine rings is 1. The molecule has 1 aliphatic heterocycles. The number of hydrogen-bond acceptors (Lipinski definition) is 3. The fraction of sp³-hybridized carbons (Fsp3) is 0.583. The molecule has 2 rings (SSSR count). The first-order chi connectivity index (χ1) is 7.15. The Morgan fingerprint density at radius 3 is 2.53 bits per heavy atom. The molecular weight excluding hydrogens is 188 g/mol. The fourth-order valence-electron chi connectivity index (χ4n) is 2.42. The summed E-state index contributed by atoms with van der Waals surface area (Å²) >= 11 is 0. The first kappa shape index (κ1) is 10.6. The Morgan fingerprint density at radius 1 is 1.33 bits per heavy atom. The lowest BCUT2D eigenvalue weighted by molar-refractivity contribution is -0.0840. The van der Waals surface area contributed by atoms with Gasteiger partial charge in [-0.3, -0.25) is 4.98 Å². The minimum absolute atomic E-state index is 0.191. The van der Waals surface area contributed by atoms with Crippen LogP contribution in [0.15, 0.2) is 24.4 Å². The van der Waals surface area contributed by atoms with E-state index in [1.807, 2.05) is 18.2 Å². The van der Waals surface area contributed by atoms with Crippen LogP contribution in [-0.4, -0.2) is 23.2 Å². The van der Waals surface area contributed by atoms with Gasteiger partial charge >= 0.3 is 0 Å². The van der Waals surface area contributed by atoms with Crippen molar-refractivity contribution >= 4 is 0 Å². The van der Waals surface area contributed by atoms with E-state index in [-0.39, 0.29) is 11.8 Å². The van der Waals surface area contributed by atoms with Crippen LogP contribution < -0.4 is 5.32 Å². The van der Waals surface area contributed by atoms with Gasteiger partial charge in [0.2, 0.25) is 0 Å². The number of nitrogens with one attached hydrogen (secondary N) is 1. The van der Waals surface area contributed by atoms with E-state index in [0.717, 1.165) is 18.8 Å². The lowest BCUT2D eigenvalue weighted by Crippen LogP contribution is -2.53. The molecule has 1 saturated heterocycles. The van der Waals surface area contributed by atoms with E-state index in [0.29, 0.717) is 0 Å². The van der Waals surface area contributed by atoms with Gasteiger partial charge in [-0.25, -0.2) is 0 Å². The molecule has 3 atom stereocenters. The molecule has 2 N–H and O–H groups in total. The van der Waals surface area contributed by atoms with Crippen LogP contribution in [0.1, 0.15) is 19.5 Å². The number of rotatable bonds is 1. The van der Waals surface area contributed by atoms with Crippen molar-refractivity contribution in [3.63, 3.8) is 0 Å². The second-order valence-electron chi connectivity index (χ2n) is 4.50. The number of aromatic nitrogens is 1. The number of hydrogen-bond donors (Lipinski definition) is 2.